The largest absolute Gasteiger partial charge is 0.342 e. The molecule has 0 saturated heterocycles. The van der Waals surface area contributed by atoms with Crippen LogP contribution in [-0.4, -0.2) is 10.5 Å². The molecule has 0 fully saturated rings. The van der Waals surface area contributed by atoms with Crippen molar-refractivity contribution < 1.29 is 4.79 Å². The highest BCUT2D eigenvalue weighted by Gasteiger charge is 2.21. The van der Waals surface area contributed by atoms with Crippen LogP contribution in [0.1, 0.15) is 11.1 Å². The van der Waals surface area contributed by atoms with Gasteiger partial charge in [-0.25, -0.2) is 0 Å². The van der Waals surface area contributed by atoms with Gasteiger partial charge in [0.2, 0.25) is 0 Å². The minimum Gasteiger partial charge on any atom is -0.342 e. The first-order chi connectivity index (χ1) is 14.6. The summed E-state index contributed by atoms with van der Waals surface area (Å²) in [5, 5.41) is 5.16. The summed E-state index contributed by atoms with van der Waals surface area (Å²) in [5.74, 6) is -0.0833. The van der Waals surface area contributed by atoms with Crippen molar-refractivity contribution in [1.82, 2.24) is 4.57 Å². The number of thioether (sulfide) groups is 1. The molecule has 148 valence electrons. The maximum Gasteiger partial charge on any atom is 0.262 e. The SMILES string of the molecule is O=C1Nc2ccccc2S/C1=C\c1cn(Cc2ccc(Cl)c(Cl)c2)c2ccccc12. The molecule has 0 atom stereocenters. The first-order valence-electron chi connectivity index (χ1n) is 9.40. The third-order valence-corrected chi connectivity index (χ3v) is 6.86. The van der Waals surface area contributed by atoms with E-state index >= 15 is 0 Å². The van der Waals surface area contributed by atoms with Crippen LogP contribution in [0, 0.1) is 0 Å². The summed E-state index contributed by atoms with van der Waals surface area (Å²) in [6, 6.07) is 21.7. The number of rotatable bonds is 3. The molecular formula is C24H16Cl2N2OS. The van der Waals surface area contributed by atoms with Crippen LogP contribution in [0.25, 0.3) is 17.0 Å². The molecule has 3 aromatic carbocycles. The molecule has 4 aromatic rings. The Morgan fingerprint density at radius 1 is 0.967 bits per heavy atom. The number of nitrogens with zero attached hydrogens (tertiary/aromatic N) is 1. The summed E-state index contributed by atoms with van der Waals surface area (Å²) in [4.78, 5) is 14.3. The molecule has 0 aliphatic carbocycles. The Bertz CT molecular complexity index is 1330. The molecule has 0 spiro atoms. The minimum absolute atomic E-state index is 0.0833. The van der Waals surface area contributed by atoms with E-state index in [4.69, 9.17) is 23.2 Å². The Balaban J connectivity index is 1.55. The molecule has 1 aromatic heterocycles. The van der Waals surface area contributed by atoms with Gasteiger partial charge in [-0.15, -0.1) is 0 Å². The van der Waals surface area contributed by atoms with E-state index in [0.29, 0.717) is 21.5 Å². The maximum absolute atomic E-state index is 12.6. The number of hydrogen-bond acceptors (Lipinski definition) is 2. The van der Waals surface area contributed by atoms with Gasteiger partial charge in [-0.3, -0.25) is 4.79 Å². The number of amides is 1. The second-order valence-corrected chi connectivity index (χ2v) is 8.94. The number of fused-ring (bicyclic) bond motifs is 2. The van der Waals surface area contributed by atoms with Crippen LogP contribution in [-0.2, 0) is 11.3 Å². The molecule has 0 unspecified atom stereocenters. The summed E-state index contributed by atoms with van der Waals surface area (Å²) in [6.07, 6.45) is 4.04. The summed E-state index contributed by atoms with van der Waals surface area (Å²) >= 11 is 13.7. The van der Waals surface area contributed by atoms with Crippen LogP contribution >= 0.6 is 35.0 Å². The van der Waals surface area contributed by atoms with Gasteiger partial charge in [0.05, 0.1) is 20.6 Å². The van der Waals surface area contributed by atoms with Crippen LogP contribution in [0.5, 0.6) is 0 Å². The summed E-state index contributed by atoms with van der Waals surface area (Å²) in [6.45, 7) is 0.656. The van der Waals surface area contributed by atoms with Crippen LogP contribution in [0.15, 0.2) is 82.7 Å². The number of para-hydroxylation sites is 2. The number of hydrogen-bond donors (Lipinski definition) is 1. The Morgan fingerprint density at radius 3 is 2.63 bits per heavy atom. The summed E-state index contributed by atoms with van der Waals surface area (Å²) in [7, 11) is 0. The van der Waals surface area contributed by atoms with Crippen molar-refractivity contribution in [2.24, 2.45) is 0 Å². The zero-order valence-electron chi connectivity index (χ0n) is 15.7. The van der Waals surface area contributed by atoms with Gasteiger partial charge in [0.15, 0.2) is 0 Å². The fourth-order valence-electron chi connectivity index (χ4n) is 3.60. The molecule has 3 nitrogen and oxygen atoms in total. The van der Waals surface area contributed by atoms with E-state index in [1.165, 1.54) is 11.8 Å². The topological polar surface area (TPSA) is 34.0 Å². The highest BCUT2D eigenvalue weighted by atomic mass is 35.5. The van der Waals surface area contributed by atoms with Crippen molar-refractivity contribution >= 4 is 63.5 Å². The third-order valence-electron chi connectivity index (χ3n) is 5.02. The predicted molar refractivity (Wildman–Crippen MR) is 126 cm³/mol. The average Bonchev–Trinajstić information content (AvgIpc) is 3.09. The van der Waals surface area contributed by atoms with E-state index in [9.17, 15) is 4.79 Å². The second kappa shape index (κ2) is 7.88. The number of anilines is 1. The van der Waals surface area contributed by atoms with E-state index in [0.717, 1.165) is 32.6 Å². The number of nitrogens with one attached hydrogen (secondary N) is 1. The van der Waals surface area contributed by atoms with E-state index in [1.54, 1.807) is 0 Å². The van der Waals surface area contributed by atoms with Crippen LogP contribution in [0.3, 0.4) is 0 Å². The quantitative estimate of drug-likeness (QED) is 0.338. The van der Waals surface area contributed by atoms with E-state index in [2.05, 4.69) is 28.2 Å². The smallest absolute Gasteiger partial charge is 0.262 e. The van der Waals surface area contributed by atoms with E-state index < -0.39 is 0 Å². The van der Waals surface area contributed by atoms with Gasteiger partial charge in [-0.1, -0.05) is 71.4 Å². The molecule has 1 amide bonds. The Morgan fingerprint density at radius 2 is 1.77 bits per heavy atom. The zero-order valence-corrected chi connectivity index (χ0v) is 18.1. The van der Waals surface area contributed by atoms with Gasteiger partial charge in [0, 0.05) is 34.1 Å². The molecule has 1 aliphatic heterocycles. The van der Waals surface area contributed by atoms with Gasteiger partial charge in [-0.05, 0) is 42.0 Å². The highest BCUT2D eigenvalue weighted by Crippen LogP contribution is 2.39. The number of halogens is 2. The third kappa shape index (κ3) is 3.63. The van der Waals surface area contributed by atoms with Crippen molar-refractivity contribution in [3.63, 3.8) is 0 Å². The van der Waals surface area contributed by atoms with E-state index in [-0.39, 0.29) is 5.91 Å². The number of carbonyl (C=O) groups is 1. The molecule has 0 saturated carbocycles. The second-order valence-electron chi connectivity index (χ2n) is 7.04. The van der Waals surface area contributed by atoms with Crippen molar-refractivity contribution in [2.45, 2.75) is 11.4 Å². The summed E-state index contributed by atoms with van der Waals surface area (Å²) in [5.41, 5.74) is 4.01. The van der Waals surface area contributed by atoms with Gasteiger partial charge >= 0.3 is 0 Å². The molecule has 5 rings (SSSR count). The molecule has 0 bridgehead atoms. The van der Waals surface area contributed by atoms with Crippen molar-refractivity contribution in [3.05, 3.63) is 99.0 Å². The summed E-state index contributed by atoms with van der Waals surface area (Å²) < 4.78 is 2.17. The molecular weight excluding hydrogens is 435 g/mol. The lowest BCUT2D eigenvalue weighted by Gasteiger charge is -2.18. The number of aromatic nitrogens is 1. The first-order valence-corrected chi connectivity index (χ1v) is 11.0. The normalized spacial score (nSPS) is 14.7. The van der Waals surface area contributed by atoms with Gasteiger partial charge in [0.1, 0.15) is 0 Å². The maximum atomic E-state index is 12.6. The molecule has 1 aliphatic rings. The Kier molecular flexibility index (Phi) is 5.07. The highest BCUT2D eigenvalue weighted by molar-refractivity contribution is 8.04. The van der Waals surface area contributed by atoms with Crippen molar-refractivity contribution in [1.29, 1.82) is 0 Å². The lowest BCUT2D eigenvalue weighted by atomic mass is 10.1. The standard InChI is InChI=1S/C24H16Cl2N2OS/c25-18-10-9-15(11-19(18)26)13-28-14-16(17-5-1-3-7-21(17)28)12-23-24(29)27-20-6-2-4-8-22(20)30-23/h1-12,14H,13H2,(H,27,29)/b23-12-. The van der Waals surface area contributed by atoms with Gasteiger partial charge < -0.3 is 9.88 Å². The van der Waals surface area contributed by atoms with Crippen molar-refractivity contribution in [3.8, 4) is 0 Å². The zero-order chi connectivity index (χ0) is 20.7. The molecule has 1 N–H and O–H groups in total. The number of benzene rings is 3. The lowest BCUT2D eigenvalue weighted by molar-refractivity contribution is -0.112. The minimum atomic E-state index is -0.0833. The fraction of sp³-hybridized carbons (Fsp3) is 0.0417. The van der Waals surface area contributed by atoms with Crippen LogP contribution in [0.2, 0.25) is 10.0 Å². The monoisotopic (exact) mass is 450 g/mol. The van der Waals surface area contributed by atoms with Crippen molar-refractivity contribution in [2.75, 3.05) is 5.32 Å². The molecule has 30 heavy (non-hydrogen) atoms. The number of carbonyl (C=O) groups excluding carboxylic acids is 1. The average molecular weight is 451 g/mol. The molecule has 6 heteroatoms. The molecule has 0 radical (unpaired) electrons. The molecule has 2 heterocycles. The van der Waals surface area contributed by atoms with Crippen LogP contribution < -0.4 is 5.32 Å². The Labute approximate surface area is 188 Å². The van der Waals surface area contributed by atoms with Crippen LogP contribution in [0.4, 0.5) is 5.69 Å². The van der Waals surface area contributed by atoms with Gasteiger partial charge in [0.25, 0.3) is 5.91 Å². The van der Waals surface area contributed by atoms with E-state index in [1.807, 2.05) is 60.7 Å². The predicted octanol–water partition coefficient (Wildman–Crippen LogP) is 7.08. The van der Waals surface area contributed by atoms with Gasteiger partial charge in [-0.2, -0.15) is 0 Å². The Hall–Kier alpha value is -2.66. The lowest BCUT2D eigenvalue weighted by Crippen LogP contribution is -2.16. The first kappa shape index (κ1) is 19.3. The fourth-order valence-corrected chi connectivity index (χ4v) is 4.86.